The highest BCUT2D eigenvalue weighted by Gasteiger charge is 2.35. The van der Waals surface area contributed by atoms with Gasteiger partial charge in [0.2, 0.25) is 5.91 Å². The highest BCUT2D eigenvalue weighted by Crippen LogP contribution is 2.32. The third-order valence-corrected chi connectivity index (χ3v) is 6.64. The van der Waals surface area contributed by atoms with Gasteiger partial charge in [0.1, 0.15) is 16.5 Å². The summed E-state index contributed by atoms with van der Waals surface area (Å²) in [7, 11) is 1.59. The summed E-state index contributed by atoms with van der Waals surface area (Å²) < 4.78 is 15.9. The highest BCUT2D eigenvalue weighted by atomic mass is 32.1. The molecule has 0 bridgehead atoms. The number of fused-ring (bicyclic) bond motifs is 1. The molecule has 0 atom stereocenters. The summed E-state index contributed by atoms with van der Waals surface area (Å²) in [5, 5.41) is 3.08. The molecule has 0 aliphatic carbocycles. The Kier molecular flexibility index (Phi) is 8.19. The molecule has 4 rings (SSSR count). The molecule has 37 heavy (non-hydrogen) atoms. The number of thiophene rings is 1. The first-order valence-corrected chi connectivity index (χ1v) is 12.5. The monoisotopic (exact) mass is 522 g/mol. The van der Waals surface area contributed by atoms with Crippen molar-refractivity contribution in [3.8, 4) is 11.5 Å². The second-order valence-corrected chi connectivity index (χ2v) is 9.23. The zero-order valence-electron chi connectivity index (χ0n) is 20.4. The number of anilines is 1. The van der Waals surface area contributed by atoms with Crippen molar-refractivity contribution in [2.45, 2.75) is 26.3 Å². The van der Waals surface area contributed by atoms with Crippen LogP contribution in [0.2, 0.25) is 0 Å². The van der Waals surface area contributed by atoms with E-state index >= 15 is 0 Å². The number of ether oxygens (including phenoxy) is 3. The first-order chi connectivity index (χ1) is 17.9. The smallest absolute Gasteiger partial charge is 0.341 e. The molecular weight excluding hydrogens is 496 g/mol. The zero-order valence-corrected chi connectivity index (χ0v) is 21.3. The van der Waals surface area contributed by atoms with Gasteiger partial charge in [0.25, 0.3) is 11.8 Å². The predicted octanol–water partition coefficient (Wildman–Crippen LogP) is 4.53. The summed E-state index contributed by atoms with van der Waals surface area (Å²) in [6.07, 6.45) is 0.629. The van der Waals surface area contributed by atoms with E-state index in [0.717, 1.165) is 22.0 Å². The van der Waals surface area contributed by atoms with Crippen LogP contribution in [-0.4, -0.2) is 48.9 Å². The van der Waals surface area contributed by atoms with Crippen molar-refractivity contribution < 1.29 is 33.4 Å². The van der Waals surface area contributed by atoms with Gasteiger partial charge in [0.05, 0.1) is 43.6 Å². The zero-order chi connectivity index (χ0) is 26.4. The van der Waals surface area contributed by atoms with Crippen molar-refractivity contribution in [3.05, 3.63) is 76.2 Å². The van der Waals surface area contributed by atoms with Crippen LogP contribution in [0.1, 0.15) is 55.7 Å². The Bertz CT molecular complexity index is 1280. The number of carbonyl (C=O) groups excluding carboxylic acids is 4. The average Bonchev–Trinajstić information content (AvgIpc) is 3.41. The lowest BCUT2D eigenvalue weighted by molar-refractivity contribution is -0.116. The number of benzene rings is 2. The number of nitrogens with one attached hydrogen (secondary N) is 1. The van der Waals surface area contributed by atoms with Gasteiger partial charge in [-0.05, 0) is 55.8 Å². The topological polar surface area (TPSA) is 111 Å². The number of amides is 3. The Labute approximate surface area is 217 Å². The Morgan fingerprint density at radius 1 is 0.973 bits per heavy atom. The third-order valence-electron chi connectivity index (χ3n) is 5.60. The molecule has 192 valence electrons. The van der Waals surface area contributed by atoms with Gasteiger partial charge >= 0.3 is 5.97 Å². The fourth-order valence-corrected chi connectivity index (χ4v) is 4.85. The lowest BCUT2D eigenvalue weighted by Crippen LogP contribution is -2.28. The second kappa shape index (κ2) is 11.7. The minimum Gasteiger partial charge on any atom is -0.497 e. The lowest BCUT2D eigenvalue weighted by atomic mass is 10.1. The molecule has 0 saturated carbocycles. The Morgan fingerprint density at radius 2 is 1.62 bits per heavy atom. The number of esters is 1. The molecule has 0 unspecified atom stereocenters. The summed E-state index contributed by atoms with van der Waals surface area (Å²) >= 11 is 1.13. The van der Waals surface area contributed by atoms with Crippen molar-refractivity contribution in [2.75, 3.05) is 25.6 Å². The molecule has 9 nitrogen and oxygen atoms in total. The molecule has 2 heterocycles. The van der Waals surface area contributed by atoms with Crippen LogP contribution in [0.15, 0.2) is 54.6 Å². The van der Waals surface area contributed by atoms with E-state index < -0.39 is 17.8 Å². The number of imide groups is 1. The number of rotatable bonds is 11. The van der Waals surface area contributed by atoms with Gasteiger partial charge in [0.15, 0.2) is 0 Å². The van der Waals surface area contributed by atoms with E-state index in [9.17, 15) is 19.2 Å². The van der Waals surface area contributed by atoms with E-state index in [0.29, 0.717) is 39.8 Å². The number of nitrogens with zero attached hydrogens (tertiary/aromatic N) is 1. The van der Waals surface area contributed by atoms with Gasteiger partial charge in [-0.2, -0.15) is 0 Å². The van der Waals surface area contributed by atoms with E-state index in [4.69, 9.17) is 14.2 Å². The molecule has 0 radical (unpaired) electrons. The molecule has 2 aromatic carbocycles. The molecule has 0 saturated heterocycles. The van der Waals surface area contributed by atoms with Crippen molar-refractivity contribution in [1.29, 1.82) is 0 Å². The Balaban J connectivity index is 1.38. The maximum Gasteiger partial charge on any atom is 0.341 e. The molecule has 1 aromatic heterocycles. The maximum atomic E-state index is 12.7. The number of hydrogen-bond acceptors (Lipinski definition) is 8. The van der Waals surface area contributed by atoms with Gasteiger partial charge in [-0.25, -0.2) is 4.79 Å². The molecular formula is C27H26N2O7S. The molecule has 0 spiro atoms. The van der Waals surface area contributed by atoms with Crippen LogP contribution in [-0.2, 0) is 16.1 Å². The van der Waals surface area contributed by atoms with Crippen LogP contribution in [0.5, 0.6) is 11.5 Å². The molecule has 3 aromatic rings. The molecule has 1 N–H and O–H groups in total. The highest BCUT2D eigenvalue weighted by molar-refractivity contribution is 7.16. The Morgan fingerprint density at radius 3 is 2.24 bits per heavy atom. The first kappa shape index (κ1) is 25.9. The van der Waals surface area contributed by atoms with Gasteiger partial charge in [-0.15, -0.1) is 11.3 Å². The first-order valence-electron chi connectivity index (χ1n) is 11.7. The van der Waals surface area contributed by atoms with E-state index in [-0.39, 0.29) is 31.0 Å². The maximum absolute atomic E-state index is 12.7. The van der Waals surface area contributed by atoms with E-state index in [1.807, 2.05) is 0 Å². The summed E-state index contributed by atoms with van der Waals surface area (Å²) in [5.41, 5.74) is 0.876. The van der Waals surface area contributed by atoms with Crippen molar-refractivity contribution in [1.82, 2.24) is 4.90 Å². The summed E-state index contributed by atoms with van der Waals surface area (Å²) in [4.78, 5) is 52.3. The standard InChI is InChI=1S/C27H26N2O7S/c1-3-35-27(33)22-15-19(16-29-25(31)20-7-4-5-8-21(20)26(29)32)37-24(22)28-23(30)9-6-14-36-18-12-10-17(34-2)11-13-18/h4-5,7-8,10-13,15H,3,6,9,14,16H2,1-2H3,(H,28,30). The average molecular weight is 523 g/mol. The number of hydrogen-bond donors (Lipinski definition) is 1. The van der Waals surface area contributed by atoms with Crippen LogP contribution in [0.4, 0.5) is 5.00 Å². The van der Waals surface area contributed by atoms with Crippen LogP contribution in [0, 0.1) is 0 Å². The quantitative estimate of drug-likeness (QED) is 0.224. The number of methoxy groups -OCH3 is 1. The lowest BCUT2D eigenvalue weighted by Gasteiger charge is -2.12. The normalized spacial score (nSPS) is 12.3. The van der Waals surface area contributed by atoms with E-state index in [1.54, 1.807) is 68.6 Å². The van der Waals surface area contributed by atoms with Crippen molar-refractivity contribution in [2.24, 2.45) is 0 Å². The largest absolute Gasteiger partial charge is 0.497 e. The van der Waals surface area contributed by atoms with Gasteiger partial charge in [0, 0.05) is 11.3 Å². The fraction of sp³-hybridized carbons (Fsp3) is 0.259. The fourth-order valence-electron chi connectivity index (χ4n) is 3.80. The van der Waals surface area contributed by atoms with Crippen molar-refractivity contribution >= 4 is 40.0 Å². The minimum absolute atomic E-state index is 0.0189. The van der Waals surface area contributed by atoms with Crippen LogP contribution < -0.4 is 14.8 Å². The minimum atomic E-state index is -0.592. The second-order valence-electron chi connectivity index (χ2n) is 8.09. The number of carbonyl (C=O) groups is 4. The van der Waals surface area contributed by atoms with Crippen molar-refractivity contribution in [3.63, 3.8) is 0 Å². The predicted molar refractivity (Wildman–Crippen MR) is 137 cm³/mol. The third kappa shape index (κ3) is 5.97. The van der Waals surface area contributed by atoms with Gasteiger partial charge < -0.3 is 19.5 Å². The molecule has 0 fully saturated rings. The molecule has 1 aliphatic heterocycles. The molecule has 1 aliphatic rings. The van der Waals surface area contributed by atoms with E-state index in [2.05, 4.69) is 5.32 Å². The summed E-state index contributed by atoms with van der Waals surface area (Å²) in [6.45, 7) is 2.17. The van der Waals surface area contributed by atoms with Crippen LogP contribution in [0.3, 0.4) is 0 Å². The SMILES string of the molecule is CCOC(=O)c1cc(CN2C(=O)c3ccccc3C2=O)sc1NC(=O)CCCOc1ccc(OC)cc1. The van der Waals surface area contributed by atoms with Gasteiger partial charge in [-0.1, -0.05) is 12.1 Å². The van der Waals surface area contributed by atoms with Gasteiger partial charge in [-0.3, -0.25) is 19.3 Å². The van der Waals surface area contributed by atoms with E-state index in [1.165, 1.54) is 0 Å². The summed E-state index contributed by atoms with van der Waals surface area (Å²) in [6, 6.07) is 15.3. The summed E-state index contributed by atoms with van der Waals surface area (Å²) in [5.74, 6) is -0.281. The van der Waals surface area contributed by atoms with Crippen LogP contribution in [0.25, 0.3) is 0 Å². The van der Waals surface area contributed by atoms with Crippen LogP contribution >= 0.6 is 11.3 Å². The molecule has 3 amide bonds. The molecule has 10 heteroatoms. The Hall–Kier alpha value is -4.18.